The molecule has 0 fully saturated rings. The summed E-state index contributed by atoms with van der Waals surface area (Å²) in [6, 6.07) is 10.2. The molecule has 0 aliphatic rings. The summed E-state index contributed by atoms with van der Waals surface area (Å²) < 4.78 is 13.2. The van der Waals surface area contributed by atoms with Gasteiger partial charge in [0.15, 0.2) is 6.29 Å². The molecule has 0 atom stereocenters. The van der Waals surface area contributed by atoms with Gasteiger partial charge >= 0.3 is 0 Å². The minimum absolute atomic E-state index is 0.233. The predicted molar refractivity (Wildman–Crippen MR) is 83.2 cm³/mol. The second kappa shape index (κ2) is 5.17. The van der Waals surface area contributed by atoms with Gasteiger partial charge in [-0.15, -0.1) is 0 Å². The molecule has 1 N–H and O–H groups in total. The van der Waals surface area contributed by atoms with Gasteiger partial charge in [-0.3, -0.25) is 4.79 Å². The van der Waals surface area contributed by atoms with Crippen LogP contribution in [0.4, 0.5) is 4.39 Å². The van der Waals surface area contributed by atoms with Crippen LogP contribution in [0.25, 0.3) is 22.0 Å². The molecule has 0 saturated heterocycles. The van der Waals surface area contributed by atoms with Crippen molar-refractivity contribution in [2.45, 2.75) is 19.8 Å². The highest BCUT2D eigenvalue weighted by molar-refractivity contribution is 6.04. The van der Waals surface area contributed by atoms with Crippen molar-refractivity contribution in [3.63, 3.8) is 0 Å². The summed E-state index contributed by atoms with van der Waals surface area (Å²) in [7, 11) is 0. The number of fused-ring (bicyclic) bond motifs is 1. The molecule has 1 aromatic heterocycles. The van der Waals surface area contributed by atoms with E-state index in [-0.39, 0.29) is 11.7 Å². The van der Waals surface area contributed by atoms with Crippen molar-refractivity contribution in [1.82, 2.24) is 4.98 Å². The molecule has 3 heteroatoms. The lowest BCUT2D eigenvalue weighted by molar-refractivity contribution is 0.112. The second-order valence-electron chi connectivity index (χ2n) is 5.47. The molecule has 2 nitrogen and oxygen atoms in total. The Kier molecular flexibility index (Phi) is 3.34. The molecule has 1 heterocycles. The first-order chi connectivity index (χ1) is 10.1. The zero-order valence-electron chi connectivity index (χ0n) is 12.0. The molecule has 106 valence electrons. The predicted octanol–water partition coefficient (Wildman–Crippen LogP) is 4.91. The lowest BCUT2D eigenvalue weighted by atomic mass is 9.88. The van der Waals surface area contributed by atoms with Gasteiger partial charge in [-0.25, -0.2) is 4.39 Å². The highest BCUT2D eigenvalue weighted by atomic mass is 19.1. The fourth-order valence-corrected chi connectivity index (χ4v) is 2.77. The minimum atomic E-state index is -0.281. The molecule has 0 saturated carbocycles. The average Bonchev–Trinajstić information content (AvgIpc) is 2.94. The summed E-state index contributed by atoms with van der Waals surface area (Å²) in [5.41, 5.74) is 4.39. The SMILES string of the molecule is CC(C)c1cc2[nH]ccc2c(-c2ccc(F)cc2)c1C=O. The Hall–Kier alpha value is -2.42. The third kappa shape index (κ3) is 2.25. The van der Waals surface area contributed by atoms with Crippen LogP contribution in [0.2, 0.25) is 0 Å². The van der Waals surface area contributed by atoms with Crippen molar-refractivity contribution < 1.29 is 9.18 Å². The minimum Gasteiger partial charge on any atom is -0.361 e. The van der Waals surface area contributed by atoms with Crippen LogP contribution in [-0.2, 0) is 0 Å². The van der Waals surface area contributed by atoms with E-state index in [2.05, 4.69) is 18.8 Å². The summed E-state index contributed by atoms with van der Waals surface area (Å²) >= 11 is 0. The molecule has 21 heavy (non-hydrogen) atoms. The monoisotopic (exact) mass is 281 g/mol. The van der Waals surface area contributed by atoms with Gasteiger partial charge in [0.05, 0.1) is 0 Å². The lowest BCUT2D eigenvalue weighted by Crippen LogP contribution is -1.99. The summed E-state index contributed by atoms with van der Waals surface area (Å²) in [4.78, 5) is 14.9. The maximum atomic E-state index is 13.2. The van der Waals surface area contributed by atoms with Crippen LogP contribution >= 0.6 is 0 Å². The standard InChI is InChI=1S/C18H16FNO/c1-11(2)15-9-17-14(7-8-20-17)18(16(15)10-21)12-3-5-13(19)6-4-12/h3-11,20H,1-2H3. The van der Waals surface area contributed by atoms with Crippen LogP contribution in [0, 0.1) is 5.82 Å². The third-order valence-corrected chi connectivity index (χ3v) is 3.80. The molecule has 0 unspecified atom stereocenters. The van der Waals surface area contributed by atoms with Gasteiger partial charge in [-0.2, -0.15) is 0 Å². The molecule has 0 bridgehead atoms. The molecule has 0 amide bonds. The van der Waals surface area contributed by atoms with Crippen LogP contribution in [0.5, 0.6) is 0 Å². The number of carbonyl (C=O) groups excluding carboxylic acids is 1. The summed E-state index contributed by atoms with van der Waals surface area (Å²) in [6.45, 7) is 4.12. The first-order valence-electron chi connectivity index (χ1n) is 6.97. The summed E-state index contributed by atoms with van der Waals surface area (Å²) in [5, 5.41) is 0.980. The number of aldehydes is 1. The Morgan fingerprint density at radius 2 is 1.86 bits per heavy atom. The fourth-order valence-electron chi connectivity index (χ4n) is 2.77. The molecular formula is C18H16FNO. The summed E-state index contributed by atoms with van der Waals surface area (Å²) in [5.74, 6) is -0.0474. The molecule has 3 rings (SSSR count). The number of hydrogen-bond acceptors (Lipinski definition) is 1. The van der Waals surface area contributed by atoms with E-state index in [1.165, 1.54) is 12.1 Å². The van der Waals surface area contributed by atoms with E-state index in [0.29, 0.717) is 5.56 Å². The van der Waals surface area contributed by atoms with E-state index in [1.54, 1.807) is 12.1 Å². The van der Waals surface area contributed by atoms with Gasteiger partial charge in [0.25, 0.3) is 0 Å². The molecular weight excluding hydrogens is 265 g/mol. The number of aromatic amines is 1. The molecule has 0 aliphatic heterocycles. The average molecular weight is 281 g/mol. The smallest absolute Gasteiger partial charge is 0.150 e. The Morgan fingerprint density at radius 3 is 2.48 bits per heavy atom. The quantitative estimate of drug-likeness (QED) is 0.680. The van der Waals surface area contributed by atoms with Gasteiger partial charge in [0.1, 0.15) is 5.82 Å². The first-order valence-corrected chi connectivity index (χ1v) is 6.97. The normalized spacial score (nSPS) is 11.2. The number of H-pyrrole nitrogens is 1. The third-order valence-electron chi connectivity index (χ3n) is 3.80. The number of carbonyl (C=O) groups is 1. The fraction of sp³-hybridized carbons (Fsp3) is 0.167. The van der Waals surface area contributed by atoms with Crippen molar-refractivity contribution in [2.75, 3.05) is 0 Å². The maximum Gasteiger partial charge on any atom is 0.150 e. The van der Waals surface area contributed by atoms with Crippen LogP contribution < -0.4 is 0 Å². The van der Waals surface area contributed by atoms with Gasteiger partial charge in [0.2, 0.25) is 0 Å². The van der Waals surface area contributed by atoms with E-state index in [0.717, 1.165) is 33.9 Å². The number of halogens is 1. The van der Waals surface area contributed by atoms with E-state index in [4.69, 9.17) is 0 Å². The van der Waals surface area contributed by atoms with Crippen LogP contribution in [-0.4, -0.2) is 11.3 Å². The molecule has 3 aromatic rings. The van der Waals surface area contributed by atoms with E-state index in [9.17, 15) is 9.18 Å². The van der Waals surface area contributed by atoms with Gasteiger partial charge in [-0.1, -0.05) is 26.0 Å². The number of nitrogens with one attached hydrogen (secondary N) is 1. The number of aromatic nitrogens is 1. The van der Waals surface area contributed by atoms with Crippen molar-refractivity contribution in [3.8, 4) is 11.1 Å². The van der Waals surface area contributed by atoms with E-state index >= 15 is 0 Å². The van der Waals surface area contributed by atoms with Crippen molar-refractivity contribution >= 4 is 17.2 Å². The highest BCUT2D eigenvalue weighted by Crippen LogP contribution is 2.36. The topological polar surface area (TPSA) is 32.9 Å². The Bertz CT molecular complexity index is 800. The largest absolute Gasteiger partial charge is 0.361 e. The van der Waals surface area contributed by atoms with Crippen LogP contribution in [0.1, 0.15) is 35.7 Å². The van der Waals surface area contributed by atoms with Crippen LogP contribution in [0.15, 0.2) is 42.6 Å². The molecule has 2 aromatic carbocycles. The van der Waals surface area contributed by atoms with Gasteiger partial charge in [-0.05, 0) is 41.3 Å². The van der Waals surface area contributed by atoms with E-state index in [1.807, 2.05) is 18.3 Å². The first kappa shape index (κ1) is 13.6. The summed E-state index contributed by atoms with van der Waals surface area (Å²) in [6.07, 6.45) is 2.76. The van der Waals surface area contributed by atoms with Crippen molar-refractivity contribution in [2.24, 2.45) is 0 Å². The van der Waals surface area contributed by atoms with Crippen molar-refractivity contribution in [3.05, 3.63) is 59.5 Å². The second-order valence-corrected chi connectivity index (χ2v) is 5.47. The Labute approximate surface area is 122 Å². The molecule has 0 aliphatic carbocycles. The number of rotatable bonds is 3. The molecule has 0 radical (unpaired) electrons. The highest BCUT2D eigenvalue weighted by Gasteiger charge is 2.17. The van der Waals surface area contributed by atoms with Gasteiger partial charge in [0, 0.05) is 28.2 Å². The number of hydrogen-bond donors (Lipinski definition) is 1. The lowest BCUT2D eigenvalue weighted by Gasteiger charge is -2.15. The van der Waals surface area contributed by atoms with Crippen LogP contribution in [0.3, 0.4) is 0 Å². The van der Waals surface area contributed by atoms with Gasteiger partial charge < -0.3 is 4.98 Å². The number of benzene rings is 2. The Balaban J connectivity index is 2.40. The maximum absolute atomic E-state index is 13.2. The zero-order chi connectivity index (χ0) is 15.0. The Morgan fingerprint density at radius 1 is 1.14 bits per heavy atom. The van der Waals surface area contributed by atoms with E-state index < -0.39 is 0 Å². The zero-order valence-corrected chi connectivity index (χ0v) is 12.0. The molecule has 0 spiro atoms. The van der Waals surface area contributed by atoms with Crippen molar-refractivity contribution in [1.29, 1.82) is 0 Å².